The summed E-state index contributed by atoms with van der Waals surface area (Å²) in [6.07, 6.45) is 4.05. The molecule has 2 aromatic rings. The summed E-state index contributed by atoms with van der Waals surface area (Å²) < 4.78 is 1.21. The fourth-order valence-electron chi connectivity index (χ4n) is 1.66. The second kappa shape index (κ2) is 5.45. The van der Waals surface area contributed by atoms with Gasteiger partial charge in [-0.2, -0.15) is 0 Å². The monoisotopic (exact) mass is 276 g/mol. The maximum absolute atomic E-state index is 11.8. The topological polar surface area (TPSA) is 129 Å². The smallest absolute Gasteiger partial charge is 0.288 e. The number of aryl methyl sites for hydroxylation is 1. The van der Waals surface area contributed by atoms with Crippen LogP contribution in [0.1, 0.15) is 11.3 Å². The molecule has 9 nitrogen and oxygen atoms in total. The van der Waals surface area contributed by atoms with Gasteiger partial charge in [-0.3, -0.25) is 19.9 Å². The number of nitro groups is 1. The summed E-state index contributed by atoms with van der Waals surface area (Å²) in [6.45, 7) is 1.61. The first-order valence-electron chi connectivity index (χ1n) is 5.64. The van der Waals surface area contributed by atoms with E-state index in [1.54, 1.807) is 0 Å². The molecule has 0 aliphatic heterocycles. The molecule has 2 heterocycles. The third kappa shape index (κ3) is 2.78. The fourth-order valence-corrected chi connectivity index (χ4v) is 1.66. The molecule has 0 aliphatic rings. The lowest BCUT2D eigenvalue weighted by atomic mass is 10.2. The van der Waals surface area contributed by atoms with Gasteiger partial charge in [0.2, 0.25) is 0 Å². The van der Waals surface area contributed by atoms with E-state index in [4.69, 9.17) is 5.84 Å². The van der Waals surface area contributed by atoms with Crippen LogP contribution in [0.4, 0.5) is 11.5 Å². The number of rotatable bonds is 4. The quantitative estimate of drug-likeness (QED) is 0.463. The van der Waals surface area contributed by atoms with Crippen molar-refractivity contribution in [2.24, 2.45) is 5.84 Å². The SMILES string of the molecule is Cc1cc(=O)n(Cc2cnc(NN)cn2)cc1[N+](=O)[O-]. The molecule has 0 bridgehead atoms. The van der Waals surface area contributed by atoms with Crippen LogP contribution in [0.5, 0.6) is 0 Å². The minimum atomic E-state index is -0.529. The molecule has 0 radical (unpaired) electrons. The average Bonchev–Trinajstić information content (AvgIpc) is 2.42. The van der Waals surface area contributed by atoms with Crippen molar-refractivity contribution >= 4 is 11.5 Å². The molecular weight excluding hydrogens is 264 g/mol. The van der Waals surface area contributed by atoms with Crippen LogP contribution in [-0.4, -0.2) is 19.5 Å². The number of hydrogen-bond acceptors (Lipinski definition) is 7. The van der Waals surface area contributed by atoms with Gasteiger partial charge in [-0.1, -0.05) is 0 Å². The Morgan fingerprint density at radius 3 is 2.75 bits per heavy atom. The maximum Gasteiger partial charge on any atom is 0.288 e. The summed E-state index contributed by atoms with van der Waals surface area (Å²) in [6, 6.07) is 1.22. The molecule has 0 aliphatic carbocycles. The Morgan fingerprint density at radius 2 is 2.20 bits per heavy atom. The molecule has 104 valence electrons. The Kier molecular flexibility index (Phi) is 3.71. The predicted molar refractivity (Wildman–Crippen MR) is 71.0 cm³/mol. The molecule has 3 N–H and O–H groups in total. The van der Waals surface area contributed by atoms with Gasteiger partial charge in [-0.15, -0.1) is 0 Å². The standard InChI is InChI=1S/C11H12N6O3/c1-7-2-11(18)16(6-9(7)17(19)20)5-8-3-14-10(15-12)4-13-8/h2-4,6H,5,12H2,1H3,(H,14,15). The van der Waals surface area contributed by atoms with Crippen LogP contribution < -0.4 is 16.8 Å². The summed E-state index contributed by atoms with van der Waals surface area (Å²) in [5.74, 6) is 5.55. The highest BCUT2D eigenvalue weighted by Crippen LogP contribution is 2.14. The minimum Gasteiger partial charge on any atom is -0.307 e. The molecule has 0 unspecified atom stereocenters. The molecule has 0 atom stereocenters. The lowest BCUT2D eigenvalue weighted by Crippen LogP contribution is -2.21. The third-order valence-electron chi connectivity index (χ3n) is 2.69. The van der Waals surface area contributed by atoms with Crippen molar-refractivity contribution in [3.63, 3.8) is 0 Å². The Labute approximate surface area is 113 Å². The summed E-state index contributed by atoms with van der Waals surface area (Å²) in [5.41, 5.74) is 2.69. The van der Waals surface area contributed by atoms with Gasteiger partial charge >= 0.3 is 0 Å². The Morgan fingerprint density at radius 1 is 1.45 bits per heavy atom. The lowest BCUT2D eigenvalue weighted by molar-refractivity contribution is -0.385. The van der Waals surface area contributed by atoms with Gasteiger partial charge in [0, 0.05) is 11.6 Å². The summed E-state index contributed by atoms with van der Waals surface area (Å²) >= 11 is 0. The van der Waals surface area contributed by atoms with Gasteiger partial charge < -0.3 is 9.99 Å². The Hall–Kier alpha value is -2.81. The van der Waals surface area contributed by atoms with E-state index in [0.29, 0.717) is 17.1 Å². The van der Waals surface area contributed by atoms with E-state index >= 15 is 0 Å². The summed E-state index contributed by atoms with van der Waals surface area (Å²) in [4.78, 5) is 30.1. The van der Waals surface area contributed by atoms with Crippen LogP contribution in [0.15, 0.2) is 29.5 Å². The van der Waals surface area contributed by atoms with Crippen molar-refractivity contribution in [2.45, 2.75) is 13.5 Å². The van der Waals surface area contributed by atoms with Gasteiger partial charge in [-0.05, 0) is 6.92 Å². The summed E-state index contributed by atoms with van der Waals surface area (Å²) in [7, 11) is 0. The molecule has 0 amide bonds. The molecule has 0 spiro atoms. The van der Waals surface area contributed by atoms with Crippen LogP contribution >= 0.6 is 0 Å². The fraction of sp³-hybridized carbons (Fsp3) is 0.182. The Balaban J connectivity index is 2.35. The van der Waals surface area contributed by atoms with E-state index in [0.717, 1.165) is 0 Å². The van der Waals surface area contributed by atoms with Crippen LogP contribution in [-0.2, 0) is 6.54 Å². The van der Waals surface area contributed by atoms with Gasteiger partial charge in [0.25, 0.3) is 11.2 Å². The van der Waals surface area contributed by atoms with Crippen molar-refractivity contribution in [1.29, 1.82) is 0 Å². The maximum atomic E-state index is 11.8. The molecule has 2 rings (SSSR count). The highest BCUT2D eigenvalue weighted by molar-refractivity contribution is 5.36. The molecular formula is C11H12N6O3. The van der Waals surface area contributed by atoms with Crippen LogP contribution in [0.3, 0.4) is 0 Å². The first-order chi connectivity index (χ1) is 9.51. The molecule has 9 heteroatoms. The zero-order valence-corrected chi connectivity index (χ0v) is 10.6. The number of pyridine rings is 1. The predicted octanol–water partition coefficient (Wildman–Crippen LogP) is 0.189. The van der Waals surface area contributed by atoms with E-state index in [-0.39, 0.29) is 17.8 Å². The largest absolute Gasteiger partial charge is 0.307 e. The van der Waals surface area contributed by atoms with E-state index in [1.165, 1.54) is 36.1 Å². The Bertz CT molecular complexity index is 694. The number of nitrogens with zero attached hydrogens (tertiary/aromatic N) is 4. The molecule has 0 saturated heterocycles. The first kappa shape index (κ1) is 13.6. The number of nitrogens with one attached hydrogen (secondary N) is 1. The number of hydrogen-bond donors (Lipinski definition) is 2. The number of nitrogen functional groups attached to an aromatic ring is 1. The van der Waals surface area contributed by atoms with E-state index < -0.39 is 4.92 Å². The second-order valence-electron chi connectivity index (χ2n) is 4.10. The zero-order valence-electron chi connectivity index (χ0n) is 10.6. The third-order valence-corrected chi connectivity index (χ3v) is 2.69. The molecule has 2 aromatic heterocycles. The van der Waals surface area contributed by atoms with Crippen LogP contribution in [0.25, 0.3) is 0 Å². The van der Waals surface area contributed by atoms with Gasteiger partial charge in [-0.25, -0.2) is 10.8 Å². The van der Waals surface area contributed by atoms with Crippen molar-refractivity contribution in [3.05, 3.63) is 56.4 Å². The molecule has 20 heavy (non-hydrogen) atoms. The normalized spacial score (nSPS) is 10.3. The van der Waals surface area contributed by atoms with Crippen LogP contribution in [0, 0.1) is 17.0 Å². The first-order valence-corrected chi connectivity index (χ1v) is 5.64. The number of anilines is 1. The number of hydrazine groups is 1. The lowest BCUT2D eigenvalue weighted by Gasteiger charge is -2.06. The van der Waals surface area contributed by atoms with E-state index in [9.17, 15) is 14.9 Å². The van der Waals surface area contributed by atoms with Crippen molar-refractivity contribution in [3.8, 4) is 0 Å². The summed E-state index contributed by atoms with van der Waals surface area (Å²) in [5, 5.41) is 10.9. The number of nitrogens with two attached hydrogens (primary N) is 1. The zero-order chi connectivity index (χ0) is 14.7. The van der Waals surface area contributed by atoms with E-state index in [1.807, 2.05) is 0 Å². The van der Waals surface area contributed by atoms with Crippen molar-refractivity contribution in [1.82, 2.24) is 14.5 Å². The molecule has 0 fully saturated rings. The van der Waals surface area contributed by atoms with Crippen molar-refractivity contribution in [2.75, 3.05) is 5.43 Å². The van der Waals surface area contributed by atoms with E-state index in [2.05, 4.69) is 15.4 Å². The highest BCUT2D eigenvalue weighted by atomic mass is 16.6. The second-order valence-corrected chi connectivity index (χ2v) is 4.10. The molecule has 0 saturated carbocycles. The minimum absolute atomic E-state index is 0.0950. The highest BCUT2D eigenvalue weighted by Gasteiger charge is 2.13. The van der Waals surface area contributed by atoms with Crippen LogP contribution in [0.2, 0.25) is 0 Å². The van der Waals surface area contributed by atoms with Gasteiger partial charge in [0.15, 0.2) is 5.82 Å². The van der Waals surface area contributed by atoms with Crippen molar-refractivity contribution < 1.29 is 4.92 Å². The molecule has 0 aromatic carbocycles. The average molecular weight is 276 g/mol. The van der Waals surface area contributed by atoms with Gasteiger partial charge in [0.05, 0.1) is 35.8 Å². The number of aromatic nitrogens is 3. The van der Waals surface area contributed by atoms with Gasteiger partial charge in [0.1, 0.15) is 0 Å².